The van der Waals surface area contributed by atoms with E-state index in [9.17, 15) is 14.0 Å². The van der Waals surface area contributed by atoms with Gasteiger partial charge in [0.05, 0.1) is 7.11 Å². The highest BCUT2D eigenvalue weighted by molar-refractivity contribution is 5.97. The molecule has 0 saturated carbocycles. The Balaban J connectivity index is 1.90. The average molecular weight is 372 g/mol. The fourth-order valence-corrected chi connectivity index (χ4v) is 2.75. The first-order chi connectivity index (χ1) is 13.0. The summed E-state index contributed by atoms with van der Waals surface area (Å²) in [5, 5.41) is 2.80. The van der Waals surface area contributed by atoms with Crippen molar-refractivity contribution in [1.82, 2.24) is 10.2 Å². The molecule has 2 aromatic rings. The van der Waals surface area contributed by atoms with Crippen LogP contribution in [0.2, 0.25) is 0 Å². The molecule has 2 aromatic carbocycles. The van der Waals surface area contributed by atoms with Crippen molar-refractivity contribution in [2.24, 2.45) is 0 Å². The standard InChI is InChI=1S/C21H25FN2O3/c1-4-24(5-2)21(26)17-9-7-16(8-10-17)20(25)23-13-12-15-6-11-19(27-3)18(22)14-15/h6-11,14H,4-5,12-13H2,1-3H3,(H,23,25). The number of hydrogen-bond donors (Lipinski definition) is 1. The lowest BCUT2D eigenvalue weighted by Gasteiger charge is -2.18. The van der Waals surface area contributed by atoms with Crippen LogP contribution in [0.1, 0.15) is 40.1 Å². The average Bonchev–Trinajstić information content (AvgIpc) is 2.69. The van der Waals surface area contributed by atoms with Gasteiger partial charge in [-0.05, 0) is 62.2 Å². The van der Waals surface area contributed by atoms with Crippen molar-refractivity contribution in [3.8, 4) is 5.75 Å². The second-order valence-electron chi connectivity index (χ2n) is 6.03. The van der Waals surface area contributed by atoms with Crippen LogP contribution < -0.4 is 10.1 Å². The number of carbonyl (C=O) groups is 2. The van der Waals surface area contributed by atoms with Gasteiger partial charge in [-0.2, -0.15) is 0 Å². The third-order valence-corrected chi connectivity index (χ3v) is 4.36. The molecular formula is C21H25FN2O3. The Kier molecular flexibility index (Phi) is 7.34. The SMILES string of the molecule is CCN(CC)C(=O)c1ccc(C(=O)NCCc2ccc(OC)c(F)c2)cc1. The predicted octanol–water partition coefficient (Wildman–Crippen LogP) is 3.29. The second kappa shape index (κ2) is 9.71. The Morgan fingerprint density at radius 3 is 2.22 bits per heavy atom. The normalized spacial score (nSPS) is 10.4. The fraction of sp³-hybridized carbons (Fsp3) is 0.333. The van der Waals surface area contributed by atoms with Crippen LogP contribution in [0.15, 0.2) is 42.5 Å². The molecule has 0 fully saturated rings. The Labute approximate surface area is 159 Å². The van der Waals surface area contributed by atoms with Gasteiger partial charge < -0.3 is 15.0 Å². The maximum Gasteiger partial charge on any atom is 0.253 e. The summed E-state index contributed by atoms with van der Waals surface area (Å²) in [6.45, 7) is 5.52. The molecule has 0 radical (unpaired) electrons. The molecule has 1 N–H and O–H groups in total. The number of ether oxygens (including phenoxy) is 1. The third-order valence-electron chi connectivity index (χ3n) is 4.36. The number of nitrogens with one attached hydrogen (secondary N) is 1. The van der Waals surface area contributed by atoms with Crippen molar-refractivity contribution in [3.05, 3.63) is 65.0 Å². The molecule has 0 aliphatic heterocycles. The first kappa shape index (κ1) is 20.4. The van der Waals surface area contributed by atoms with Gasteiger partial charge in [0, 0.05) is 30.8 Å². The lowest BCUT2D eigenvalue weighted by molar-refractivity contribution is 0.0772. The van der Waals surface area contributed by atoms with Crippen LogP contribution in [0.5, 0.6) is 5.75 Å². The summed E-state index contributed by atoms with van der Waals surface area (Å²) in [7, 11) is 1.42. The summed E-state index contributed by atoms with van der Waals surface area (Å²) in [5.41, 5.74) is 1.81. The van der Waals surface area contributed by atoms with E-state index in [4.69, 9.17) is 4.74 Å². The number of carbonyl (C=O) groups excluding carboxylic acids is 2. The predicted molar refractivity (Wildman–Crippen MR) is 103 cm³/mol. The largest absolute Gasteiger partial charge is 0.494 e. The minimum atomic E-state index is -0.421. The second-order valence-corrected chi connectivity index (χ2v) is 6.03. The molecule has 0 spiro atoms. The number of amides is 2. The quantitative estimate of drug-likeness (QED) is 0.774. The van der Waals surface area contributed by atoms with Crippen LogP contribution in [-0.4, -0.2) is 43.5 Å². The van der Waals surface area contributed by atoms with E-state index < -0.39 is 5.82 Å². The zero-order valence-corrected chi connectivity index (χ0v) is 15.9. The zero-order chi connectivity index (χ0) is 19.8. The maximum atomic E-state index is 13.7. The van der Waals surface area contributed by atoms with E-state index in [1.54, 1.807) is 41.3 Å². The summed E-state index contributed by atoms with van der Waals surface area (Å²) >= 11 is 0. The van der Waals surface area contributed by atoms with Crippen LogP contribution >= 0.6 is 0 Å². The molecule has 0 bridgehead atoms. The van der Waals surface area contributed by atoms with E-state index in [0.717, 1.165) is 5.56 Å². The molecule has 0 atom stereocenters. The molecule has 0 aliphatic carbocycles. The monoisotopic (exact) mass is 372 g/mol. The molecule has 0 aliphatic rings. The minimum absolute atomic E-state index is 0.0477. The first-order valence-electron chi connectivity index (χ1n) is 9.00. The number of benzene rings is 2. The van der Waals surface area contributed by atoms with E-state index in [0.29, 0.717) is 37.2 Å². The van der Waals surface area contributed by atoms with Gasteiger partial charge in [-0.25, -0.2) is 4.39 Å². The van der Waals surface area contributed by atoms with Crippen LogP contribution in [0.3, 0.4) is 0 Å². The molecule has 2 amide bonds. The van der Waals surface area contributed by atoms with Gasteiger partial charge in [0.25, 0.3) is 11.8 Å². The molecule has 0 saturated heterocycles. The van der Waals surface area contributed by atoms with Gasteiger partial charge in [0.1, 0.15) is 0 Å². The van der Waals surface area contributed by atoms with E-state index in [2.05, 4.69) is 5.32 Å². The smallest absolute Gasteiger partial charge is 0.253 e. The molecule has 6 heteroatoms. The Hall–Kier alpha value is -2.89. The van der Waals surface area contributed by atoms with E-state index in [-0.39, 0.29) is 17.6 Å². The van der Waals surface area contributed by atoms with E-state index >= 15 is 0 Å². The third kappa shape index (κ3) is 5.29. The molecule has 27 heavy (non-hydrogen) atoms. The number of rotatable bonds is 8. The van der Waals surface area contributed by atoms with Crippen molar-refractivity contribution >= 4 is 11.8 Å². The number of nitrogens with zero attached hydrogens (tertiary/aromatic N) is 1. The minimum Gasteiger partial charge on any atom is -0.494 e. The van der Waals surface area contributed by atoms with Gasteiger partial charge >= 0.3 is 0 Å². The number of methoxy groups -OCH3 is 1. The van der Waals surface area contributed by atoms with Crippen molar-refractivity contribution in [3.63, 3.8) is 0 Å². The molecule has 2 rings (SSSR count). The summed E-state index contributed by atoms with van der Waals surface area (Å²) in [5.74, 6) is -0.503. The highest BCUT2D eigenvalue weighted by Gasteiger charge is 2.13. The van der Waals surface area contributed by atoms with Crippen molar-refractivity contribution in [2.75, 3.05) is 26.7 Å². The van der Waals surface area contributed by atoms with Gasteiger partial charge in [-0.3, -0.25) is 9.59 Å². The highest BCUT2D eigenvalue weighted by atomic mass is 19.1. The highest BCUT2D eigenvalue weighted by Crippen LogP contribution is 2.17. The Bertz CT molecular complexity index is 787. The number of halogens is 1. The van der Waals surface area contributed by atoms with Crippen LogP contribution in [0.25, 0.3) is 0 Å². The molecule has 0 aromatic heterocycles. The van der Waals surface area contributed by atoms with Crippen LogP contribution in [0.4, 0.5) is 4.39 Å². The first-order valence-corrected chi connectivity index (χ1v) is 9.00. The summed E-state index contributed by atoms with van der Waals surface area (Å²) in [6, 6.07) is 11.3. The lowest BCUT2D eigenvalue weighted by atomic mass is 10.1. The van der Waals surface area contributed by atoms with Gasteiger partial charge in [0.15, 0.2) is 11.6 Å². The molecule has 0 heterocycles. The fourth-order valence-electron chi connectivity index (χ4n) is 2.75. The molecule has 144 valence electrons. The molecule has 5 nitrogen and oxygen atoms in total. The van der Waals surface area contributed by atoms with Crippen LogP contribution in [0, 0.1) is 5.82 Å². The topological polar surface area (TPSA) is 58.6 Å². The van der Waals surface area contributed by atoms with Gasteiger partial charge in [0.2, 0.25) is 0 Å². The lowest BCUT2D eigenvalue weighted by Crippen LogP contribution is -2.30. The molecule has 0 unspecified atom stereocenters. The zero-order valence-electron chi connectivity index (χ0n) is 15.9. The van der Waals surface area contributed by atoms with Gasteiger partial charge in [-0.1, -0.05) is 6.07 Å². The molecular weight excluding hydrogens is 347 g/mol. The van der Waals surface area contributed by atoms with Gasteiger partial charge in [-0.15, -0.1) is 0 Å². The summed E-state index contributed by atoms with van der Waals surface area (Å²) in [4.78, 5) is 26.2. The van der Waals surface area contributed by atoms with Crippen molar-refractivity contribution in [1.29, 1.82) is 0 Å². The maximum absolute atomic E-state index is 13.7. The summed E-state index contributed by atoms with van der Waals surface area (Å²) in [6.07, 6.45) is 0.505. The van der Waals surface area contributed by atoms with Crippen molar-refractivity contribution in [2.45, 2.75) is 20.3 Å². The van der Waals surface area contributed by atoms with Crippen molar-refractivity contribution < 1.29 is 18.7 Å². The Morgan fingerprint density at radius 1 is 1.04 bits per heavy atom. The van der Waals surface area contributed by atoms with E-state index in [1.165, 1.54) is 13.2 Å². The number of hydrogen-bond acceptors (Lipinski definition) is 3. The Morgan fingerprint density at radius 2 is 1.67 bits per heavy atom. The summed E-state index contributed by atoms with van der Waals surface area (Å²) < 4.78 is 18.6. The van der Waals surface area contributed by atoms with Crippen LogP contribution in [-0.2, 0) is 6.42 Å². The van der Waals surface area contributed by atoms with E-state index in [1.807, 2.05) is 13.8 Å².